The number of unbranched alkanes of at least 4 members (excludes halogenated alkanes) is 25. The Hall–Kier alpha value is -0.570. The highest BCUT2D eigenvalue weighted by molar-refractivity contribution is 5.66. The van der Waals surface area contributed by atoms with Crippen LogP contribution in [-0.2, 0) is 4.79 Å². The standard InChI is InChI=1S/C29H58O3/c30-28-26-24-22-20-18-16-14-12-10-8-6-4-2-1-3-5-7-9-11-13-15-17-19-21-23-25-27-29(31)32/h30H,1-28H2,(H,31,32). The zero-order chi connectivity index (χ0) is 23.4. The molecule has 0 bridgehead atoms. The van der Waals surface area contributed by atoms with Crippen LogP contribution >= 0.6 is 0 Å². The Morgan fingerprint density at radius 2 is 0.531 bits per heavy atom. The lowest BCUT2D eigenvalue weighted by Crippen LogP contribution is -1.93. The van der Waals surface area contributed by atoms with Gasteiger partial charge in [-0.15, -0.1) is 0 Å². The van der Waals surface area contributed by atoms with E-state index in [9.17, 15) is 4.79 Å². The number of aliphatic hydroxyl groups excluding tert-OH is 1. The Morgan fingerprint density at radius 1 is 0.344 bits per heavy atom. The number of carboxylic acids is 1. The predicted octanol–water partition coefficient (Wildman–Crippen LogP) is 9.60. The molecular formula is C29H58O3. The van der Waals surface area contributed by atoms with Crippen LogP contribution in [-0.4, -0.2) is 22.8 Å². The number of carboxylic acid groups (broad SMARTS) is 1. The summed E-state index contributed by atoms with van der Waals surface area (Å²) in [4.78, 5) is 10.4. The molecule has 0 atom stereocenters. The van der Waals surface area contributed by atoms with Gasteiger partial charge in [-0.3, -0.25) is 4.79 Å². The first-order valence-corrected chi connectivity index (χ1v) is 14.6. The zero-order valence-electron chi connectivity index (χ0n) is 21.6. The van der Waals surface area contributed by atoms with Gasteiger partial charge in [0.15, 0.2) is 0 Å². The minimum Gasteiger partial charge on any atom is -0.481 e. The molecule has 0 aliphatic carbocycles. The van der Waals surface area contributed by atoms with Gasteiger partial charge in [-0.1, -0.05) is 154 Å². The molecule has 0 saturated carbocycles. The molecule has 0 aliphatic heterocycles. The lowest BCUT2D eigenvalue weighted by Gasteiger charge is -2.04. The van der Waals surface area contributed by atoms with Crippen molar-refractivity contribution in [2.45, 2.75) is 173 Å². The maximum Gasteiger partial charge on any atom is 0.303 e. The molecule has 3 heteroatoms. The van der Waals surface area contributed by atoms with E-state index < -0.39 is 5.97 Å². The number of carbonyl (C=O) groups is 1. The van der Waals surface area contributed by atoms with Crippen LogP contribution in [0, 0.1) is 0 Å². The van der Waals surface area contributed by atoms with Gasteiger partial charge in [-0.05, 0) is 12.8 Å². The molecule has 0 saturated heterocycles. The highest BCUT2D eigenvalue weighted by atomic mass is 16.4. The van der Waals surface area contributed by atoms with Crippen molar-refractivity contribution < 1.29 is 15.0 Å². The summed E-state index contributed by atoms with van der Waals surface area (Å²) < 4.78 is 0. The largest absolute Gasteiger partial charge is 0.481 e. The van der Waals surface area contributed by atoms with E-state index in [-0.39, 0.29) is 0 Å². The topological polar surface area (TPSA) is 57.5 Å². The Balaban J connectivity index is 3.00. The quantitative estimate of drug-likeness (QED) is 0.116. The maximum absolute atomic E-state index is 10.4. The van der Waals surface area contributed by atoms with E-state index in [4.69, 9.17) is 10.2 Å². The van der Waals surface area contributed by atoms with E-state index in [1.165, 1.54) is 148 Å². The smallest absolute Gasteiger partial charge is 0.303 e. The van der Waals surface area contributed by atoms with E-state index in [0.717, 1.165) is 19.3 Å². The molecule has 192 valence electrons. The normalized spacial score (nSPS) is 11.3. The summed E-state index contributed by atoms with van der Waals surface area (Å²) in [6, 6.07) is 0. The van der Waals surface area contributed by atoms with Gasteiger partial charge in [0.1, 0.15) is 0 Å². The molecule has 3 nitrogen and oxygen atoms in total. The fourth-order valence-electron chi connectivity index (χ4n) is 4.63. The second kappa shape index (κ2) is 28.5. The molecule has 0 amide bonds. The third-order valence-corrected chi connectivity index (χ3v) is 6.80. The SMILES string of the molecule is O=C(O)CCCCCCCCCCCCCCCCCCCCCCCCCCCCO. The van der Waals surface area contributed by atoms with Gasteiger partial charge >= 0.3 is 5.97 Å². The van der Waals surface area contributed by atoms with Crippen molar-refractivity contribution in [1.82, 2.24) is 0 Å². The molecule has 0 rings (SSSR count). The first-order chi connectivity index (χ1) is 15.8. The number of aliphatic hydroxyl groups is 1. The van der Waals surface area contributed by atoms with Crippen LogP contribution < -0.4 is 0 Å². The van der Waals surface area contributed by atoms with Gasteiger partial charge in [0.2, 0.25) is 0 Å². The van der Waals surface area contributed by atoms with Gasteiger partial charge < -0.3 is 10.2 Å². The minimum atomic E-state index is -0.653. The number of rotatable bonds is 28. The van der Waals surface area contributed by atoms with Gasteiger partial charge in [0.25, 0.3) is 0 Å². The summed E-state index contributed by atoms with van der Waals surface area (Å²) in [6.07, 6.45) is 35.2. The molecule has 0 aliphatic rings. The third kappa shape index (κ3) is 29.4. The minimum absolute atomic E-state index is 0.342. The molecule has 0 aromatic carbocycles. The van der Waals surface area contributed by atoms with Crippen LogP contribution in [0.2, 0.25) is 0 Å². The first kappa shape index (κ1) is 31.4. The van der Waals surface area contributed by atoms with Crippen molar-refractivity contribution in [3.05, 3.63) is 0 Å². The van der Waals surface area contributed by atoms with Crippen molar-refractivity contribution in [3.63, 3.8) is 0 Å². The van der Waals surface area contributed by atoms with Crippen molar-refractivity contribution >= 4 is 5.97 Å². The molecule has 0 aromatic heterocycles. The first-order valence-electron chi connectivity index (χ1n) is 14.6. The molecule has 0 unspecified atom stereocenters. The van der Waals surface area contributed by atoms with Crippen molar-refractivity contribution in [2.24, 2.45) is 0 Å². The van der Waals surface area contributed by atoms with Crippen molar-refractivity contribution in [3.8, 4) is 0 Å². The summed E-state index contributed by atoms with van der Waals surface area (Å²) in [5.74, 6) is -0.653. The average molecular weight is 455 g/mol. The Bertz CT molecular complexity index is 356. The average Bonchev–Trinajstić information content (AvgIpc) is 2.78. The number of hydrogen-bond acceptors (Lipinski definition) is 2. The van der Waals surface area contributed by atoms with E-state index >= 15 is 0 Å². The molecule has 0 fully saturated rings. The number of aliphatic carboxylic acids is 1. The highest BCUT2D eigenvalue weighted by Crippen LogP contribution is 2.16. The zero-order valence-corrected chi connectivity index (χ0v) is 21.6. The van der Waals surface area contributed by atoms with Gasteiger partial charge in [-0.2, -0.15) is 0 Å². The Kier molecular flexibility index (Phi) is 28.0. The lowest BCUT2D eigenvalue weighted by atomic mass is 10.0. The van der Waals surface area contributed by atoms with Crippen LogP contribution in [0.4, 0.5) is 0 Å². The maximum atomic E-state index is 10.4. The van der Waals surface area contributed by atoms with Crippen LogP contribution in [0.15, 0.2) is 0 Å². The number of hydrogen-bond donors (Lipinski definition) is 2. The van der Waals surface area contributed by atoms with Crippen LogP contribution in [0.1, 0.15) is 173 Å². The van der Waals surface area contributed by atoms with Gasteiger partial charge in [0, 0.05) is 13.0 Å². The van der Waals surface area contributed by atoms with Gasteiger partial charge in [-0.25, -0.2) is 0 Å². The summed E-state index contributed by atoms with van der Waals surface area (Å²) in [5.41, 5.74) is 0. The fourth-order valence-corrected chi connectivity index (χ4v) is 4.63. The van der Waals surface area contributed by atoms with Crippen LogP contribution in [0.5, 0.6) is 0 Å². The molecule has 0 aromatic rings. The van der Waals surface area contributed by atoms with Crippen LogP contribution in [0.25, 0.3) is 0 Å². The van der Waals surface area contributed by atoms with E-state index in [1.54, 1.807) is 0 Å². The van der Waals surface area contributed by atoms with Crippen molar-refractivity contribution in [1.29, 1.82) is 0 Å². The fraction of sp³-hybridized carbons (Fsp3) is 0.966. The lowest BCUT2D eigenvalue weighted by molar-refractivity contribution is -0.137. The van der Waals surface area contributed by atoms with Crippen molar-refractivity contribution in [2.75, 3.05) is 6.61 Å². The molecule has 0 radical (unpaired) electrons. The molecular weight excluding hydrogens is 396 g/mol. The predicted molar refractivity (Wildman–Crippen MR) is 139 cm³/mol. The molecule has 2 N–H and O–H groups in total. The van der Waals surface area contributed by atoms with Gasteiger partial charge in [0.05, 0.1) is 0 Å². The van der Waals surface area contributed by atoms with E-state index in [1.807, 2.05) is 0 Å². The summed E-state index contributed by atoms with van der Waals surface area (Å²) >= 11 is 0. The third-order valence-electron chi connectivity index (χ3n) is 6.80. The molecule has 0 heterocycles. The Morgan fingerprint density at radius 3 is 0.719 bits per heavy atom. The summed E-state index contributed by atoms with van der Waals surface area (Å²) in [5, 5.41) is 17.4. The monoisotopic (exact) mass is 454 g/mol. The van der Waals surface area contributed by atoms with E-state index in [2.05, 4.69) is 0 Å². The highest BCUT2D eigenvalue weighted by Gasteiger charge is 1.98. The second-order valence-corrected chi connectivity index (χ2v) is 10.1. The summed E-state index contributed by atoms with van der Waals surface area (Å²) in [7, 11) is 0. The molecule has 0 spiro atoms. The Labute approximate surface area is 201 Å². The second-order valence-electron chi connectivity index (χ2n) is 10.1. The van der Waals surface area contributed by atoms with E-state index in [0.29, 0.717) is 13.0 Å². The molecule has 32 heavy (non-hydrogen) atoms. The van der Waals surface area contributed by atoms with Crippen LogP contribution in [0.3, 0.4) is 0 Å². The summed E-state index contributed by atoms with van der Waals surface area (Å²) in [6.45, 7) is 0.364.